The van der Waals surface area contributed by atoms with Gasteiger partial charge in [0, 0.05) is 29.3 Å². The molecule has 0 heterocycles. The van der Waals surface area contributed by atoms with Crippen molar-refractivity contribution >= 4 is 17.3 Å². The molecule has 0 saturated heterocycles. The van der Waals surface area contributed by atoms with Crippen molar-refractivity contribution in [2.24, 2.45) is 10.3 Å². The van der Waals surface area contributed by atoms with Crippen molar-refractivity contribution in [3.63, 3.8) is 0 Å². The lowest BCUT2D eigenvalue weighted by Crippen LogP contribution is -2.29. The van der Waals surface area contributed by atoms with E-state index in [2.05, 4.69) is 15.6 Å². The monoisotopic (exact) mass is 471 g/mol. The maximum Gasteiger partial charge on any atom is 0.393 e. The summed E-state index contributed by atoms with van der Waals surface area (Å²) in [5.74, 6) is -2.79. The topological polar surface area (TPSA) is 72.3 Å². The summed E-state index contributed by atoms with van der Waals surface area (Å²) >= 11 is 0. The van der Waals surface area contributed by atoms with Crippen LogP contribution in [0.1, 0.15) is 34.7 Å². The van der Waals surface area contributed by atoms with E-state index in [0.717, 1.165) is 6.07 Å². The molecular formula is C22H22F5N3O3. The third-order valence-corrected chi connectivity index (χ3v) is 4.64. The number of rotatable bonds is 8. The Bertz CT molecular complexity index is 1080. The molecule has 0 fully saturated rings. The predicted octanol–water partition coefficient (Wildman–Crippen LogP) is 4.42. The second-order valence-corrected chi connectivity index (χ2v) is 6.93. The highest BCUT2D eigenvalue weighted by molar-refractivity contribution is 6.45. The first kappa shape index (κ1) is 25.8. The number of aryl methyl sites for hydroxylation is 1. The highest BCUT2D eigenvalue weighted by Gasteiger charge is 2.32. The van der Waals surface area contributed by atoms with Gasteiger partial charge in [-0.1, -0.05) is 28.5 Å². The maximum absolute atomic E-state index is 14.3. The third-order valence-electron chi connectivity index (χ3n) is 4.64. The summed E-state index contributed by atoms with van der Waals surface area (Å²) in [4.78, 5) is 22.2. The van der Waals surface area contributed by atoms with Gasteiger partial charge in [0.05, 0.1) is 12.1 Å². The molecule has 0 aliphatic rings. The van der Waals surface area contributed by atoms with Gasteiger partial charge in [0.2, 0.25) is 0 Å². The Kier molecular flexibility index (Phi) is 8.50. The molecule has 2 rings (SSSR count). The van der Waals surface area contributed by atoms with Gasteiger partial charge >= 0.3 is 6.18 Å². The van der Waals surface area contributed by atoms with Gasteiger partial charge in [-0.05, 0) is 31.5 Å². The Morgan fingerprint density at radius 1 is 1.06 bits per heavy atom. The van der Waals surface area contributed by atoms with Gasteiger partial charge in [-0.25, -0.2) is 8.78 Å². The Morgan fingerprint density at radius 2 is 1.73 bits per heavy atom. The summed E-state index contributed by atoms with van der Waals surface area (Å²) < 4.78 is 67.0. The molecular weight excluding hydrogens is 449 g/mol. The summed E-state index contributed by atoms with van der Waals surface area (Å²) in [6.45, 7) is 2.71. The number of oxime groups is 2. The molecule has 2 aromatic carbocycles. The summed E-state index contributed by atoms with van der Waals surface area (Å²) in [5, 5.41) is 9.89. The van der Waals surface area contributed by atoms with Crippen LogP contribution in [0.25, 0.3) is 0 Å². The van der Waals surface area contributed by atoms with Crippen LogP contribution in [0, 0.1) is 18.6 Å². The van der Waals surface area contributed by atoms with E-state index in [0.29, 0.717) is 22.8 Å². The molecule has 0 unspecified atom stereocenters. The smallest absolute Gasteiger partial charge is 0.393 e. The SMILES string of the molecule is CNC(=O)/C(=N/OC)c1cccc(C)c1CO/N=C(\C)c1c(F)ccc(F)c1CC(F)(F)F. The largest absolute Gasteiger partial charge is 0.398 e. The molecule has 0 atom stereocenters. The predicted molar refractivity (Wildman–Crippen MR) is 112 cm³/mol. The van der Waals surface area contributed by atoms with E-state index in [-0.39, 0.29) is 18.0 Å². The molecule has 0 aliphatic carbocycles. The van der Waals surface area contributed by atoms with Crippen LogP contribution in [0.2, 0.25) is 0 Å². The molecule has 0 saturated carbocycles. The number of benzene rings is 2. The lowest BCUT2D eigenvalue weighted by atomic mass is 9.98. The van der Waals surface area contributed by atoms with Gasteiger partial charge in [-0.2, -0.15) is 13.2 Å². The van der Waals surface area contributed by atoms with Gasteiger partial charge in [-0.3, -0.25) is 4.79 Å². The minimum atomic E-state index is -4.75. The Balaban J connectivity index is 2.40. The number of likely N-dealkylation sites (N-methyl/N-ethyl adjacent to an activating group) is 1. The fraction of sp³-hybridized carbons (Fsp3) is 0.318. The molecule has 1 N–H and O–H groups in total. The normalized spacial score (nSPS) is 12.5. The zero-order chi connectivity index (χ0) is 24.8. The van der Waals surface area contributed by atoms with Crippen molar-refractivity contribution in [1.29, 1.82) is 0 Å². The van der Waals surface area contributed by atoms with E-state index >= 15 is 0 Å². The Hall–Kier alpha value is -3.50. The van der Waals surface area contributed by atoms with E-state index in [1.165, 1.54) is 21.1 Å². The molecule has 0 aromatic heterocycles. The van der Waals surface area contributed by atoms with Crippen LogP contribution in [0.5, 0.6) is 0 Å². The molecule has 178 valence electrons. The molecule has 0 radical (unpaired) electrons. The van der Waals surface area contributed by atoms with E-state index < -0.39 is 41.3 Å². The number of nitrogens with one attached hydrogen (secondary N) is 1. The van der Waals surface area contributed by atoms with Gasteiger partial charge in [0.1, 0.15) is 25.4 Å². The second-order valence-electron chi connectivity index (χ2n) is 6.93. The summed E-state index contributed by atoms with van der Waals surface area (Å²) in [6, 6.07) is 6.37. The number of nitrogens with zero attached hydrogens (tertiary/aromatic N) is 2. The minimum Gasteiger partial charge on any atom is -0.398 e. The van der Waals surface area contributed by atoms with Crippen LogP contribution in [0.3, 0.4) is 0 Å². The number of amides is 1. The first-order valence-corrected chi connectivity index (χ1v) is 9.62. The molecule has 1 amide bonds. The highest BCUT2D eigenvalue weighted by Crippen LogP contribution is 2.28. The molecule has 2 aromatic rings. The van der Waals surface area contributed by atoms with Crippen LogP contribution >= 0.6 is 0 Å². The van der Waals surface area contributed by atoms with Crippen molar-refractivity contribution in [3.8, 4) is 0 Å². The number of hydrogen-bond donors (Lipinski definition) is 1. The summed E-state index contributed by atoms with van der Waals surface area (Å²) in [7, 11) is 2.69. The molecule has 33 heavy (non-hydrogen) atoms. The van der Waals surface area contributed by atoms with Gasteiger partial charge in [0.25, 0.3) is 5.91 Å². The average molecular weight is 471 g/mol. The average Bonchev–Trinajstić information content (AvgIpc) is 2.74. The van der Waals surface area contributed by atoms with Gasteiger partial charge in [-0.15, -0.1) is 0 Å². The zero-order valence-electron chi connectivity index (χ0n) is 18.3. The lowest BCUT2D eigenvalue weighted by molar-refractivity contribution is -0.127. The quantitative estimate of drug-likeness (QED) is 0.352. The van der Waals surface area contributed by atoms with Crippen molar-refractivity contribution in [2.75, 3.05) is 14.2 Å². The van der Waals surface area contributed by atoms with Crippen LogP contribution in [0.4, 0.5) is 22.0 Å². The fourth-order valence-corrected chi connectivity index (χ4v) is 3.14. The van der Waals surface area contributed by atoms with Crippen molar-refractivity contribution < 1.29 is 36.4 Å². The van der Waals surface area contributed by atoms with Crippen LogP contribution in [0.15, 0.2) is 40.6 Å². The van der Waals surface area contributed by atoms with Gasteiger partial charge in [0.15, 0.2) is 5.71 Å². The Morgan fingerprint density at radius 3 is 2.33 bits per heavy atom. The van der Waals surface area contributed by atoms with Crippen LogP contribution in [-0.4, -0.2) is 37.7 Å². The first-order valence-electron chi connectivity index (χ1n) is 9.62. The third kappa shape index (κ3) is 6.50. The van der Waals surface area contributed by atoms with Gasteiger partial charge < -0.3 is 15.0 Å². The van der Waals surface area contributed by atoms with E-state index in [1.807, 2.05) is 0 Å². The molecule has 0 bridgehead atoms. The number of carbonyl (C=O) groups is 1. The number of carbonyl (C=O) groups excluding carboxylic acids is 1. The number of alkyl halides is 3. The standard InChI is InChI=1S/C22H22F5N3O3/c1-12-6-5-7-14(20(30-32-4)21(31)28-3)16(12)11-33-29-13(2)19-15(10-22(25,26)27)17(23)8-9-18(19)24/h5-9H,10-11H2,1-4H3,(H,28,31)/b29-13+,30-20+. The number of hydrogen-bond acceptors (Lipinski definition) is 5. The molecule has 11 heteroatoms. The molecule has 6 nitrogen and oxygen atoms in total. The lowest BCUT2D eigenvalue weighted by Gasteiger charge is -2.15. The fourth-order valence-electron chi connectivity index (χ4n) is 3.14. The van der Waals surface area contributed by atoms with E-state index in [1.54, 1.807) is 25.1 Å². The second kappa shape index (κ2) is 10.9. The van der Waals surface area contributed by atoms with E-state index in [9.17, 15) is 26.7 Å². The molecule has 0 aliphatic heterocycles. The Labute approximate surface area is 187 Å². The first-order chi connectivity index (χ1) is 15.5. The van der Waals surface area contributed by atoms with Crippen molar-refractivity contribution in [3.05, 3.63) is 69.8 Å². The number of halogens is 5. The van der Waals surface area contributed by atoms with E-state index in [4.69, 9.17) is 9.68 Å². The summed E-state index contributed by atoms with van der Waals surface area (Å²) in [5.41, 5.74) is -0.238. The zero-order valence-corrected chi connectivity index (χ0v) is 18.3. The molecule has 0 spiro atoms. The van der Waals surface area contributed by atoms with Crippen molar-refractivity contribution in [1.82, 2.24) is 5.32 Å². The van der Waals surface area contributed by atoms with Crippen LogP contribution < -0.4 is 5.32 Å². The highest BCUT2D eigenvalue weighted by atomic mass is 19.4. The summed E-state index contributed by atoms with van der Waals surface area (Å²) in [6.07, 6.45) is -6.42. The van der Waals surface area contributed by atoms with Crippen molar-refractivity contribution in [2.45, 2.75) is 33.1 Å². The maximum atomic E-state index is 14.3. The minimum absolute atomic E-state index is 0.0355. The van der Waals surface area contributed by atoms with Crippen LogP contribution in [-0.2, 0) is 27.5 Å².